The molecule has 18 heavy (non-hydrogen) atoms. The fraction of sp³-hybridized carbons (Fsp3) is 0.625. The van der Waals surface area contributed by atoms with Gasteiger partial charge in [-0.25, -0.2) is 0 Å². The average Bonchev–Trinajstić information content (AvgIpc) is 2.36. The Bertz CT molecular complexity index is 296. The first kappa shape index (κ1) is 20.4. The van der Waals surface area contributed by atoms with Gasteiger partial charge in [-0.05, 0) is 18.8 Å². The number of hydrogen-bond donors (Lipinski definition) is 0. The van der Waals surface area contributed by atoms with Crippen LogP contribution in [0.4, 0.5) is 0 Å². The molecule has 0 spiro atoms. The largest absolute Gasteiger partial charge is 0.342 e. The molecule has 0 aliphatic heterocycles. The maximum Gasteiger partial charge on any atom is 0.138 e. The number of allylic oxidation sites excluding steroid dienone is 2. The molecule has 1 rings (SSSR count). The predicted octanol–water partition coefficient (Wildman–Crippen LogP) is 4.19. The standard InChI is InChI=1S/C14H19O.C2H6.Y/c1-3-5-7-8-10-13-12(9-6-4-2)11-14(13)15;1-2;/h6,9,12-13H,1,3-5,10-11H2,2H3;1-2H3;/q-1;;. The van der Waals surface area contributed by atoms with Crippen molar-refractivity contribution in [1.82, 2.24) is 0 Å². The van der Waals surface area contributed by atoms with Crippen molar-refractivity contribution in [3.63, 3.8) is 0 Å². The minimum absolute atomic E-state index is 0. The summed E-state index contributed by atoms with van der Waals surface area (Å²) in [7, 11) is 0. The van der Waals surface area contributed by atoms with Gasteiger partial charge in [0.15, 0.2) is 0 Å². The molecule has 2 atom stereocenters. The summed E-state index contributed by atoms with van der Waals surface area (Å²) >= 11 is 0. The van der Waals surface area contributed by atoms with Crippen LogP contribution in [0.25, 0.3) is 0 Å². The van der Waals surface area contributed by atoms with Crippen molar-refractivity contribution >= 4 is 5.78 Å². The van der Waals surface area contributed by atoms with E-state index in [9.17, 15) is 4.79 Å². The van der Waals surface area contributed by atoms with Crippen molar-refractivity contribution in [3.8, 4) is 11.8 Å². The Balaban J connectivity index is 0. The molecule has 1 aliphatic carbocycles. The summed E-state index contributed by atoms with van der Waals surface area (Å²) < 4.78 is 0. The molecular formula is C16H25OY-. The van der Waals surface area contributed by atoms with Crippen molar-refractivity contribution in [2.24, 2.45) is 11.8 Å². The number of carbonyl (C=O) groups excluding carboxylic acids is 1. The number of rotatable bonds is 4. The van der Waals surface area contributed by atoms with Crippen LogP contribution in [0.5, 0.6) is 0 Å². The molecule has 2 heteroatoms. The zero-order valence-electron chi connectivity index (χ0n) is 12.0. The van der Waals surface area contributed by atoms with Gasteiger partial charge in [-0.15, -0.1) is 11.8 Å². The van der Waals surface area contributed by atoms with Crippen LogP contribution in [0.1, 0.15) is 52.9 Å². The zero-order chi connectivity index (χ0) is 13.1. The topological polar surface area (TPSA) is 17.1 Å². The third kappa shape index (κ3) is 7.50. The molecule has 0 aromatic carbocycles. The molecule has 0 saturated heterocycles. The van der Waals surface area contributed by atoms with Gasteiger partial charge in [0.2, 0.25) is 0 Å². The molecule has 1 saturated carbocycles. The van der Waals surface area contributed by atoms with Crippen LogP contribution < -0.4 is 0 Å². The summed E-state index contributed by atoms with van der Waals surface area (Å²) in [4.78, 5) is 11.4. The first-order valence-electron chi connectivity index (χ1n) is 6.74. The molecule has 0 heterocycles. The molecule has 99 valence electrons. The Kier molecular flexibility index (Phi) is 15.3. The Morgan fingerprint density at radius 2 is 2.06 bits per heavy atom. The van der Waals surface area contributed by atoms with Gasteiger partial charge in [-0.1, -0.05) is 32.9 Å². The quantitative estimate of drug-likeness (QED) is 0.431. The van der Waals surface area contributed by atoms with Crippen molar-refractivity contribution < 1.29 is 37.5 Å². The molecule has 0 bridgehead atoms. The van der Waals surface area contributed by atoms with Crippen LogP contribution in [-0.4, -0.2) is 5.78 Å². The van der Waals surface area contributed by atoms with Gasteiger partial charge in [0, 0.05) is 51.5 Å². The third-order valence-corrected chi connectivity index (χ3v) is 2.74. The molecule has 1 nitrogen and oxygen atoms in total. The van der Waals surface area contributed by atoms with Gasteiger partial charge >= 0.3 is 0 Å². The van der Waals surface area contributed by atoms with Crippen LogP contribution in [0.2, 0.25) is 0 Å². The molecule has 0 aromatic heterocycles. The molecule has 1 aliphatic rings. The first-order chi connectivity index (χ1) is 8.29. The maximum absolute atomic E-state index is 11.4. The van der Waals surface area contributed by atoms with E-state index in [1.807, 2.05) is 13.8 Å². The second-order valence-electron chi connectivity index (χ2n) is 3.94. The molecule has 1 radical (unpaired) electrons. The normalized spacial score (nSPS) is 21.0. The van der Waals surface area contributed by atoms with Gasteiger partial charge in [-0.2, -0.15) is 6.42 Å². The first-order valence-corrected chi connectivity index (χ1v) is 6.74. The fourth-order valence-electron chi connectivity index (χ4n) is 1.74. The molecule has 0 N–H and O–H groups in total. The third-order valence-electron chi connectivity index (χ3n) is 2.74. The number of Topliss-reactive ketones (excluding diaryl/α,β-unsaturated/α-hetero) is 1. The Morgan fingerprint density at radius 3 is 2.56 bits per heavy atom. The van der Waals surface area contributed by atoms with Crippen LogP contribution in [0, 0.1) is 30.6 Å². The Hall–Kier alpha value is 0.0739. The summed E-state index contributed by atoms with van der Waals surface area (Å²) in [6.45, 7) is 9.84. The molecule has 2 unspecified atom stereocenters. The monoisotopic (exact) mass is 322 g/mol. The van der Waals surface area contributed by atoms with Crippen LogP contribution in [-0.2, 0) is 37.5 Å². The Morgan fingerprint density at radius 1 is 1.39 bits per heavy atom. The van der Waals surface area contributed by atoms with Crippen molar-refractivity contribution in [2.75, 3.05) is 0 Å². The van der Waals surface area contributed by atoms with E-state index < -0.39 is 0 Å². The van der Waals surface area contributed by atoms with Gasteiger partial charge < -0.3 is 6.92 Å². The second-order valence-corrected chi connectivity index (χ2v) is 3.94. The minimum atomic E-state index is 0. The summed E-state index contributed by atoms with van der Waals surface area (Å²) in [5.41, 5.74) is 0. The van der Waals surface area contributed by atoms with Crippen molar-refractivity contribution in [3.05, 3.63) is 19.1 Å². The minimum Gasteiger partial charge on any atom is -0.342 e. The van der Waals surface area contributed by atoms with E-state index >= 15 is 0 Å². The maximum atomic E-state index is 11.4. The SMILES string of the molecule is CC.[CH2-]CCC#CCC1C(=O)CC1C=CCC.[Y]. The predicted molar refractivity (Wildman–Crippen MR) is 74.4 cm³/mol. The van der Waals surface area contributed by atoms with Crippen LogP contribution in [0.15, 0.2) is 12.2 Å². The molecule has 0 aromatic rings. The smallest absolute Gasteiger partial charge is 0.138 e. The van der Waals surface area contributed by atoms with Gasteiger partial charge in [0.25, 0.3) is 0 Å². The van der Waals surface area contributed by atoms with E-state index in [0.29, 0.717) is 11.7 Å². The van der Waals surface area contributed by atoms with E-state index in [1.54, 1.807) is 0 Å². The molecular weight excluding hydrogens is 297 g/mol. The van der Waals surface area contributed by atoms with Crippen LogP contribution >= 0.6 is 0 Å². The molecule has 0 amide bonds. The van der Waals surface area contributed by atoms with Crippen molar-refractivity contribution in [1.29, 1.82) is 0 Å². The van der Waals surface area contributed by atoms with E-state index in [-0.39, 0.29) is 38.6 Å². The molecule has 1 fully saturated rings. The van der Waals surface area contributed by atoms with E-state index in [1.165, 1.54) is 0 Å². The van der Waals surface area contributed by atoms with E-state index in [0.717, 1.165) is 32.1 Å². The zero-order valence-corrected chi connectivity index (χ0v) is 14.9. The van der Waals surface area contributed by atoms with E-state index in [4.69, 9.17) is 0 Å². The summed E-state index contributed by atoms with van der Waals surface area (Å²) in [5.74, 6) is 7.12. The van der Waals surface area contributed by atoms with Gasteiger partial charge in [0.1, 0.15) is 5.78 Å². The second kappa shape index (κ2) is 13.5. The number of carbonyl (C=O) groups is 1. The summed E-state index contributed by atoms with van der Waals surface area (Å²) in [6.07, 6.45) is 8.52. The van der Waals surface area contributed by atoms with Crippen LogP contribution in [0.3, 0.4) is 0 Å². The Labute approximate surface area is 138 Å². The number of ketones is 1. The van der Waals surface area contributed by atoms with Gasteiger partial charge in [0.05, 0.1) is 0 Å². The average molecular weight is 322 g/mol. The fourth-order valence-corrected chi connectivity index (χ4v) is 1.74. The van der Waals surface area contributed by atoms with Crippen molar-refractivity contribution in [2.45, 2.75) is 52.9 Å². The van der Waals surface area contributed by atoms with Gasteiger partial charge in [-0.3, -0.25) is 4.79 Å². The van der Waals surface area contributed by atoms with E-state index in [2.05, 4.69) is 37.8 Å². The number of unbranched alkanes of at least 4 members (excludes halogenated alkanes) is 1. The summed E-state index contributed by atoms with van der Waals surface area (Å²) in [6, 6.07) is 0. The summed E-state index contributed by atoms with van der Waals surface area (Å²) in [5, 5.41) is 0. The number of hydrogen-bond acceptors (Lipinski definition) is 1.